The van der Waals surface area contributed by atoms with Crippen LogP contribution in [-0.2, 0) is 0 Å². The fourth-order valence-electron chi connectivity index (χ4n) is 6.36. The molecular weight excluding hydrogens is 702 g/mol. The maximum absolute atomic E-state index is 3.62. The number of hydrogen-bond acceptors (Lipinski definition) is 1. The van der Waals surface area contributed by atoms with Crippen LogP contribution in [0.2, 0.25) is 0 Å². The highest BCUT2D eigenvalue weighted by molar-refractivity contribution is 9.10. The van der Waals surface area contributed by atoms with Crippen molar-refractivity contribution in [1.82, 2.24) is 0 Å². The summed E-state index contributed by atoms with van der Waals surface area (Å²) >= 11 is 7.24. The molecule has 8 rings (SSSR count). The predicted octanol–water partition coefficient (Wildman–Crippen LogP) is 14.0. The molecule has 0 saturated heterocycles. The average molecular weight is 732 g/mol. The molecule has 0 amide bonds. The summed E-state index contributed by atoms with van der Waals surface area (Å²) in [5.41, 5.74) is 10.5. The van der Waals surface area contributed by atoms with Gasteiger partial charge in [0.2, 0.25) is 0 Å². The third kappa shape index (κ3) is 6.01. The Bertz CT molecular complexity index is 2310. The van der Waals surface area contributed by atoms with Crippen molar-refractivity contribution in [2.45, 2.75) is 0 Å². The smallest absolute Gasteiger partial charge is 0.0468 e. The number of nitrogens with zero attached hydrogens (tertiary/aromatic N) is 1. The second-order valence-electron chi connectivity index (χ2n) is 11.7. The summed E-state index contributed by atoms with van der Waals surface area (Å²) in [6.45, 7) is 0. The molecule has 3 heteroatoms. The van der Waals surface area contributed by atoms with Gasteiger partial charge in [-0.05, 0) is 128 Å². The van der Waals surface area contributed by atoms with Crippen molar-refractivity contribution in [2.75, 3.05) is 4.90 Å². The highest BCUT2D eigenvalue weighted by atomic mass is 79.9. The van der Waals surface area contributed by atoms with Crippen LogP contribution < -0.4 is 4.90 Å². The van der Waals surface area contributed by atoms with Gasteiger partial charge in [0, 0.05) is 26.0 Å². The van der Waals surface area contributed by atoms with E-state index in [1.165, 1.54) is 54.9 Å². The molecule has 0 heterocycles. The number of rotatable bonds is 6. The normalized spacial score (nSPS) is 11.2. The number of anilines is 3. The number of benzene rings is 8. The van der Waals surface area contributed by atoms with Gasteiger partial charge in [0.1, 0.15) is 0 Å². The van der Waals surface area contributed by atoms with E-state index in [1.54, 1.807) is 0 Å². The van der Waals surface area contributed by atoms with E-state index in [4.69, 9.17) is 0 Å². The first-order valence-electron chi connectivity index (χ1n) is 15.6. The fraction of sp³-hybridized carbons (Fsp3) is 0. The van der Waals surface area contributed by atoms with Crippen molar-refractivity contribution in [2.24, 2.45) is 0 Å². The van der Waals surface area contributed by atoms with E-state index in [0.717, 1.165) is 26.0 Å². The zero-order valence-corrected chi connectivity index (χ0v) is 28.6. The topological polar surface area (TPSA) is 3.24 Å². The van der Waals surface area contributed by atoms with Crippen LogP contribution in [0.15, 0.2) is 185 Å². The molecule has 0 spiro atoms. The SMILES string of the molecule is Brc1ccc(N(c2ccc(Br)cc2)c2ccc(-c3ccc(-c4ccc5ccccc5c4)cc3)c(-c3ccc4ccccc4c3)c2)cc1. The molecule has 0 N–H and O–H groups in total. The van der Waals surface area contributed by atoms with Crippen LogP contribution in [0, 0.1) is 0 Å². The summed E-state index contributed by atoms with van der Waals surface area (Å²) in [5, 5.41) is 4.98. The molecule has 0 aliphatic carbocycles. The second-order valence-corrected chi connectivity index (χ2v) is 13.6. The lowest BCUT2D eigenvalue weighted by Gasteiger charge is -2.27. The largest absolute Gasteiger partial charge is 0.310 e. The first-order valence-corrected chi connectivity index (χ1v) is 17.2. The van der Waals surface area contributed by atoms with Crippen LogP contribution in [0.4, 0.5) is 17.1 Å². The second kappa shape index (κ2) is 12.7. The van der Waals surface area contributed by atoms with Crippen molar-refractivity contribution in [3.63, 3.8) is 0 Å². The minimum Gasteiger partial charge on any atom is -0.310 e. The molecule has 1 nitrogen and oxygen atoms in total. The monoisotopic (exact) mass is 729 g/mol. The molecule has 0 radical (unpaired) electrons. The van der Waals surface area contributed by atoms with Crippen molar-refractivity contribution >= 4 is 70.5 Å². The Morgan fingerprint density at radius 2 is 0.745 bits per heavy atom. The summed E-state index contributed by atoms with van der Waals surface area (Å²) < 4.78 is 2.10. The molecule has 0 bridgehead atoms. The molecule has 0 fully saturated rings. The van der Waals surface area contributed by atoms with Crippen LogP contribution in [0.1, 0.15) is 0 Å². The number of hydrogen-bond donors (Lipinski definition) is 0. The van der Waals surface area contributed by atoms with Gasteiger partial charge in [0.15, 0.2) is 0 Å². The third-order valence-corrected chi connectivity index (χ3v) is 9.83. The van der Waals surface area contributed by atoms with Crippen LogP contribution in [0.25, 0.3) is 54.9 Å². The Morgan fingerprint density at radius 3 is 1.32 bits per heavy atom. The highest BCUT2D eigenvalue weighted by Crippen LogP contribution is 2.42. The Balaban J connectivity index is 1.27. The van der Waals surface area contributed by atoms with E-state index in [2.05, 4.69) is 213 Å². The van der Waals surface area contributed by atoms with Crippen LogP contribution in [0.3, 0.4) is 0 Å². The average Bonchev–Trinajstić information content (AvgIpc) is 3.13. The van der Waals surface area contributed by atoms with E-state index >= 15 is 0 Å². The summed E-state index contributed by atoms with van der Waals surface area (Å²) in [6.07, 6.45) is 0. The quantitative estimate of drug-likeness (QED) is 0.165. The van der Waals surface area contributed by atoms with Gasteiger partial charge in [0.05, 0.1) is 0 Å². The van der Waals surface area contributed by atoms with Gasteiger partial charge >= 0.3 is 0 Å². The predicted molar refractivity (Wildman–Crippen MR) is 208 cm³/mol. The van der Waals surface area contributed by atoms with Gasteiger partial charge in [-0.2, -0.15) is 0 Å². The van der Waals surface area contributed by atoms with E-state index in [-0.39, 0.29) is 0 Å². The Hall–Kier alpha value is -4.96. The molecule has 47 heavy (non-hydrogen) atoms. The molecule has 8 aromatic rings. The van der Waals surface area contributed by atoms with Crippen molar-refractivity contribution < 1.29 is 0 Å². The number of fused-ring (bicyclic) bond motifs is 2. The standard InChI is InChI=1S/C44H29Br2N/c45-38-17-21-40(22-18-38)47(41-23-19-39(46)20-24-41)42-25-26-43(44(29-42)37-16-12-31-6-2-4-8-35(31)28-37)33-13-9-32(10-14-33)36-15-11-30-5-1-3-7-34(30)27-36/h1-29H. The maximum atomic E-state index is 3.62. The molecule has 0 aromatic heterocycles. The van der Waals surface area contributed by atoms with Crippen LogP contribution >= 0.6 is 31.9 Å². The summed E-state index contributed by atoms with van der Waals surface area (Å²) in [5.74, 6) is 0. The minimum atomic E-state index is 1.05. The van der Waals surface area contributed by atoms with Gasteiger partial charge in [-0.25, -0.2) is 0 Å². The van der Waals surface area contributed by atoms with E-state index in [1.807, 2.05) is 0 Å². The van der Waals surface area contributed by atoms with Crippen LogP contribution in [-0.4, -0.2) is 0 Å². The number of halogens is 2. The highest BCUT2D eigenvalue weighted by Gasteiger charge is 2.17. The Kier molecular flexibility index (Phi) is 7.94. The first kappa shape index (κ1) is 29.4. The lowest BCUT2D eigenvalue weighted by molar-refractivity contribution is 1.28. The molecule has 0 atom stereocenters. The third-order valence-electron chi connectivity index (χ3n) is 8.77. The van der Waals surface area contributed by atoms with Gasteiger partial charge in [-0.15, -0.1) is 0 Å². The molecule has 0 saturated carbocycles. The first-order chi connectivity index (χ1) is 23.1. The van der Waals surface area contributed by atoms with Gasteiger partial charge in [0.25, 0.3) is 0 Å². The molecule has 0 unspecified atom stereocenters. The van der Waals surface area contributed by atoms with Crippen molar-refractivity contribution in [3.8, 4) is 33.4 Å². The van der Waals surface area contributed by atoms with Crippen molar-refractivity contribution in [3.05, 3.63) is 185 Å². The fourth-order valence-corrected chi connectivity index (χ4v) is 6.89. The van der Waals surface area contributed by atoms with Gasteiger partial charge < -0.3 is 4.90 Å². The van der Waals surface area contributed by atoms with E-state index in [0.29, 0.717) is 0 Å². The molecule has 224 valence electrons. The van der Waals surface area contributed by atoms with Crippen LogP contribution in [0.5, 0.6) is 0 Å². The molecule has 0 aliphatic heterocycles. The molecule has 8 aromatic carbocycles. The van der Waals surface area contributed by atoms with E-state index < -0.39 is 0 Å². The Morgan fingerprint density at radius 1 is 0.298 bits per heavy atom. The zero-order chi connectivity index (χ0) is 31.7. The lowest BCUT2D eigenvalue weighted by atomic mass is 9.91. The summed E-state index contributed by atoms with van der Waals surface area (Å²) in [6, 6.07) is 63.4. The summed E-state index contributed by atoms with van der Waals surface area (Å²) in [4.78, 5) is 2.32. The minimum absolute atomic E-state index is 1.05. The zero-order valence-electron chi connectivity index (χ0n) is 25.4. The summed E-state index contributed by atoms with van der Waals surface area (Å²) in [7, 11) is 0. The lowest BCUT2D eigenvalue weighted by Crippen LogP contribution is -2.10. The van der Waals surface area contributed by atoms with Crippen molar-refractivity contribution in [1.29, 1.82) is 0 Å². The van der Waals surface area contributed by atoms with Gasteiger partial charge in [-0.3, -0.25) is 0 Å². The van der Waals surface area contributed by atoms with Gasteiger partial charge in [-0.1, -0.05) is 135 Å². The Labute approximate surface area is 292 Å². The molecule has 0 aliphatic rings. The van der Waals surface area contributed by atoms with E-state index in [9.17, 15) is 0 Å². The maximum Gasteiger partial charge on any atom is 0.0468 e. The molecular formula is C44H29Br2N.